The number of benzene rings is 1. The van der Waals surface area contributed by atoms with Gasteiger partial charge < -0.3 is 5.32 Å². The van der Waals surface area contributed by atoms with Crippen LogP contribution in [0.25, 0.3) is 0 Å². The summed E-state index contributed by atoms with van der Waals surface area (Å²) in [5.41, 5.74) is 1.21. The van der Waals surface area contributed by atoms with Gasteiger partial charge in [0.2, 0.25) is 5.91 Å². The summed E-state index contributed by atoms with van der Waals surface area (Å²) >= 11 is 0. The highest BCUT2D eigenvalue weighted by molar-refractivity contribution is 5.81. The molecule has 0 spiro atoms. The lowest BCUT2D eigenvalue weighted by atomic mass is 10.0. The van der Waals surface area contributed by atoms with Crippen LogP contribution in [0.4, 0.5) is 0 Å². The zero-order chi connectivity index (χ0) is 9.26. The van der Waals surface area contributed by atoms with Gasteiger partial charge in [0.25, 0.3) is 0 Å². The van der Waals surface area contributed by atoms with Crippen LogP contribution in [-0.4, -0.2) is 5.91 Å². The predicted molar refractivity (Wildman–Crippen MR) is 51.1 cm³/mol. The molecule has 1 N–H and O–H groups in total. The Balaban J connectivity index is 2.17. The van der Waals surface area contributed by atoms with Crippen molar-refractivity contribution >= 4 is 5.91 Å². The van der Waals surface area contributed by atoms with Gasteiger partial charge in [0, 0.05) is 5.92 Å². The lowest BCUT2D eigenvalue weighted by Crippen LogP contribution is -2.20. The number of hydrogen-bond acceptors (Lipinski definition) is 1. The monoisotopic (exact) mass is 175 g/mol. The SMILES string of the molecule is C[C@H]1C[C@H](c2ccccc2)NC1=O. The lowest BCUT2D eigenvalue weighted by Gasteiger charge is -2.08. The molecule has 1 saturated heterocycles. The van der Waals surface area contributed by atoms with E-state index in [1.54, 1.807) is 0 Å². The molecule has 1 aromatic carbocycles. The zero-order valence-electron chi connectivity index (χ0n) is 7.66. The highest BCUT2D eigenvalue weighted by Gasteiger charge is 2.28. The smallest absolute Gasteiger partial charge is 0.223 e. The molecular formula is C11H13NO. The van der Waals surface area contributed by atoms with Gasteiger partial charge in [-0.1, -0.05) is 37.3 Å². The van der Waals surface area contributed by atoms with Crippen LogP contribution in [0.2, 0.25) is 0 Å². The van der Waals surface area contributed by atoms with Crippen LogP contribution in [0.1, 0.15) is 24.9 Å². The number of carbonyl (C=O) groups is 1. The molecule has 1 amide bonds. The van der Waals surface area contributed by atoms with Crippen LogP contribution in [0.15, 0.2) is 30.3 Å². The maximum atomic E-state index is 11.2. The number of hydrogen-bond donors (Lipinski definition) is 1. The highest BCUT2D eigenvalue weighted by Crippen LogP contribution is 2.26. The van der Waals surface area contributed by atoms with Crippen molar-refractivity contribution in [2.75, 3.05) is 0 Å². The topological polar surface area (TPSA) is 29.1 Å². The molecule has 13 heavy (non-hydrogen) atoms. The van der Waals surface area contributed by atoms with Gasteiger partial charge in [-0.05, 0) is 12.0 Å². The molecule has 2 heteroatoms. The minimum atomic E-state index is 0.158. The standard InChI is InChI=1S/C11H13NO/c1-8-7-10(12-11(8)13)9-5-3-2-4-6-9/h2-6,8,10H,7H2,1H3,(H,12,13)/t8-,10+/m0/s1. The van der Waals surface area contributed by atoms with Crippen molar-refractivity contribution in [3.05, 3.63) is 35.9 Å². The molecule has 1 aromatic rings. The van der Waals surface area contributed by atoms with Crippen molar-refractivity contribution < 1.29 is 4.79 Å². The molecule has 1 aliphatic heterocycles. The first-order valence-corrected chi connectivity index (χ1v) is 4.62. The van der Waals surface area contributed by atoms with Crippen molar-refractivity contribution in [1.29, 1.82) is 0 Å². The van der Waals surface area contributed by atoms with Crippen LogP contribution in [0.5, 0.6) is 0 Å². The molecular weight excluding hydrogens is 162 g/mol. The summed E-state index contributed by atoms with van der Waals surface area (Å²) in [7, 11) is 0. The van der Waals surface area contributed by atoms with Crippen molar-refractivity contribution in [2.24, 2.45) is 5.92 Å². The third kappa shape index (κ3) is 1.57. The molecule has 0 radical (unpaired) electrons. The van der Waals surface area contributed by atoms with E-state index in [9.17, 15) is 4.79 Å². The van der Waals surface area contributed by atoms with Gasteiger partial charge in [-0.3, -0.25) is 4.79 Å². The van der Waals surface area contributed by atoms with E-state index in [4.69, 9.17) is 0 Å². The largest absolute Gasteiger partial charge is 0.349 e. The Morgan fingerprint density at radius 1 is 1.31 bits per heavy atom. The first kappa shape index (κ1) is 8.30. The van der Waals surface area contributed by atoms with Gasteiger partial charge in [0.05, 0.1) is 6.04 Å². The third-order valence-corrected chi connectivity index (χ3v) is 2.56. The van der Waals surface area contributed by atoms with Crippen LogP contribution < -0.4 is 5.32 Å². The second kappa shape index (κ2) is 3.21. The molecule has 1 aliphatic rings. The number of amides is 1. The Labute approximate surface area is 78.0 Å². The van der Waals surface area contributed by atoms with E-state index >= 15 is 0 Å². The van der Waals surface area contributed by atoms with Crippen molar-refractivity contribution in [3.63, 3.8) is 0 Å². The zero-order valence-corrected chi connectivity index (χ0v) is 7.66. The number of rotatable bonds is 1. The predicted octanol–water partition coefficient (Wildman–Crippen LogP) is 1.88. The Morgan fingerprint density at radius 3 is 2.54 bits per heavy atom. The molecule has 1 fully saturated rings. The van der Waals surface area contributed by atoms with Gasteiger partial charge in [-0.25, -0.2) is 0 Å². The van der Waals surface area contributed by atoms with Gasteiger partial charge in [-0.15, -0.1) is 0 Å². The number of nitrogens with one attached hydrogen (secondary N) is 1. The minimum absolute atomic E-state index is 0.158. The Hall–Kier alpha value is -1.31. The first-order valence-electron chi connectivity index (χ1n) is 4.62. The van der Waals surface area contributed by atoms with Gasteiger partial charge >= 0.3 is 0 Å². The summed E-state index contributed by atoms with van der Waals surface area (Å²) in [5.74, 6) is 0.332. The van der Waals surface area contributed by atoms with Crippen LogP contribution >= 0.6 is 0 Å². The summed E-state index contributed by atoms with van der Waals surface area (Å²) in [4.78, 5) is 11.2. The van der Waals surface area contributed by atoms with E-state index < -0.39 is 0 Å². The van der Waals surface area contributed by atoms with Crippen molar-refractivity contribution in [2.45, 2.75) is 19.4 Å². The summed E-state index contributed by atoms with van der Waals surface area (Å²) in [5, 5.41) is 2.98. The summed E-state index contributed by atoms with van der Waals surface area (Å²) in [6.45, 7) is 1.97. The normalized spacial score (nSPS) is 27.3. The Morgan fingerprint density at radius 2 is 2.00 bits per heavy atom. The summed E-state index contributed by atoms with van der Waals surface area (Å²) < 4.78 is 0. The summed E-state index contributed by atoms with van der Waals surface area (Å²) in [6, 6.07) is 10.3. The summed E-state index contributed by atoms with van der Waals surface area (Å²) in [6.07, 6.45) is 0.919. The van der Waals surface area contributed by atoms with E-state index in [1.165, 1.54) is 5.56 Å². The van der Waals surface area contributed by atoms with E-state index in [2.05, 4.69) is 17.4 Å². The maximum Gasteiger partial charge on any atom is 0.223 e. The molecule has 0 bridgehead atoms. The third-order valence-electron chi connectivity index (χ3n) is 2.56. The Bertz CT molecular complexity index is 307. The molecule has 68 valence electrons. The Kier molecular flexibility index (Phi) is 2.05. The lowest BCUT2D eigenvalue weighted by molar-refractivity contribution is -0.122. The molecule has 2 rings (SSSR count). The fourth-order valence-corrected chi connectivity index (χ4v) is 1.74. The molecule has 1 heterocycles. The van der Waals surface area contributed by atoms with E-state index in [0.717, 1.165) is 6.42 Å². The van der Waals surface area contributed by atoms with E-state index in [0.29, 0.717) is 0 Å². The second-order valence-electron chi connectivity index (χ2n) is 3.61. The second-order valence-corrected chi connectivity index (χ2v) is 3.61. The molecule has 0 aliphatic carbocycles. The van der Waals surface area contributed by atoms with E-state index in [-0.39, 0.29) is 17.9 Å². The molecule has 0 saturated carbocycles. The average molecular weight is 175 g/mol. The fourth-order valence-electron chi connectivity index (χ4n) is 1.74. The van der Waals surface area contributed by atoms with Gasteiger partial charge in [0.15, 0.2) is 0 Å². The van der Waals surface area contributed by atoms with Crippen molar-refractivity contribution in [3.8, 4) is 0 Å². The fraction of sp³-hybridized carbons (Fsp3) is 0.364. The molecule has 0 aromatic heterocycles. The molecule has 2 nitrogen and oxygen atoms in total. The van der Waals surface area contributed by atoms with Gasteiger partial charge in [-0.2, -0.15) is 0 Å². The van der Waals surface area contributed by atoms with Gasteiger partial charge in [0.1, 0.15) is 0 Å². The number of carbonyl (C=O) groups excluding carboxylic acids is 1. The quantitative estimate of drug-likeness (QED) is 0.693. The van der Waals surface area contributed by atoms with Crippen LogP contribution in [0, 0.1) is 5.92 Å². The van der Waals surface area contributed by atoms with Crippen LogP contribution in [-0.2, 0) is 4.79 Å². The molecule has 0 unspecified atom stereocenters. The van der Waals surface area contributed by atoms with Crippen LogP contribution in [0.3, 0.4) is 0 Å². The van der Waals surface area contributed by atoms with Crippen molar-refractivity contribution in [1.82, 2.24) is 5.32 Å². The van der Waals surface area contributed by atoms with E-state index in [1.807, 2.05) is 25.1 Å². The first-order chi connectivity index (χ1) is 6.27. The highest BCUT2D eigenvalue weighted by atomic mass is 16.2. The average Bonchev–Trinajstić information content (AvgIpc) is 2.49. The minimum Gasteiger partial charge on any atom is -0.349 e. The molecule has 2 atom stereocenters. The maximum absolute atomic E-state index is 11.2.